The van der Waals surface area contributed by atoms with E-state index in [4.69, 9.17) is 4.42 Å². The average molecular weight is 384 g/mol. The van der Waals surface area contributed by atoms with Crippen molar-refractivity contribution in [3.63, 3.8) is 0 Å². The zero-order chi connectivity index (χ0) is 19.3. The summed E-state index contributed by atoms with van der Waals surface area (Å²) in [5.41, 5.74) is 7.59. The molecule has 5 rings (SSSR count). The minimum atomic E-state index is -0.303. The van der Waals surface area contributed by atoms with E-state index in [1.807, 2.05) is 28.6 Å². The van der Waals surface area contributed by atoms with E-state index in [1.54, 1.807) is 6.07 Å². The number of hydrazine groups is 1. The van der Waals surface area contributed by atoms with Gasteiger partial charge in [0.1, 0.15) is 17.6 Å². The molecular weight excluding hydrogens is 360 g/mol. The van der Waals surface area contributed by atoms with Crippen molar-refractivity contribution in [2.45, 2.75) is 57.4 Å². The lowest BCUT2D eigenvalue weighted by Gasteiger charge is -2.29. The van der Waals surface area contributed by atoms with Crippen molar-refractivity contribution >= 4 is 11.8 Å². The Morgan fingerprint density at radius 2 is 2.11 bits per heavy atom. The number of aryl methyl sites for hydroxylation is 1. The molecule has 28 heavy (non-hydrogen) atoms. The van der Waals surface area contributed by atoms with Gasteiger partial charge in [0.05, 0.1) is 24.8 Å². The fourth-order valence-electron chi connectivity index (χ4n) is 3.82. The van der Waals surface area contributed by atoms with Crippen LogP contribution in [0.1, 0.15) is 53.0 Å². The molecule has 3 N–H and O–H groups in total. The number of nitrogens with zero attached hydrogens (tertiary/aromatic N) is 3. The van der Waals surface area contributed by atoms with Crippen LogP contribution in [0.25, 0.3) is 0 Å². The minimum absolute atomic E-state index is 0.0179. The lowest BCUT2D eigenvalue weighted by Crippen LogP contribution is -2.48. The average Bonchev–Trinajstić information content (AvgIpc) is 3.11. The van der Waals surface area contributed by atoms with Crippen LogP contribution in [0.4, 0.5) is 0 Å². The molecule has 0 radical (unpaired) electrons. The summed E-state index contributed by atoms with van der Waals surface area (Å²) in [6.45, 7) is 3.55. The molecule has 3 aliphatic rings. The zero-order valence-electron chi connectivity index (χ0n) is 15.8. The third-order valence-electron chi connectivity index (χ3n) is 5.56. The molecule has 9 nitrogen and oxygen atoms in total. The smallest absolute Gasteiger partial charge is 0.272 e. The number of hydrogen-bond acceptors (Lipinski definition) is 6. The summed E-state index contributed by atoms with van der Waals surface area (Å²) in [7, 11) is 0. The van der Waals surface area contributed by atoms with E-state index in [9.17, 15) is 9.59 Å². The molecule has 1 saturated heterocycles. The van der Waals surface area contributed by atoms with Gasteiger partial charge in [-0.1, -0.05) is 0 Å². The number of aromatic nitrogens is 2. The molecule has 1 aliphatic carbocycles. The molecule has 2 amide bonds. The van der Waals surface area contributed by atoms with Gasteiger partial charge in [-0.25, -0.2) is 10.9 Å². The van der Waals surface area contributed by atoms with Gasteiger partial charge in [-0.2, -0.15) is 5.10 Å². The molecule has 148 valence electrons. The molecule has 4 heterocycles. The van der Waals surface area contributed by atoms with Crippen LogP contribution in [0.2, 0.25) is 0 Å². The molecule has 2 aliphatic heterocycles. The number of carbonyl (C=O) groups excluding carboxylic acids is 2. The fourth-order valence-corrected chi connectivity index (χ4v) is 3.82. The van der Waals surface area contributed by atoms with Crippen molar-refractivity contribution < 1.29 is 14.0 Å². The van der Waals surface area contributed by atoms with Crippen LogP contribution < -0.4 is 16.2 Å². The Labute approximate surface area is 162 Å². The lowest BCUT2D eigenvalue weighted by molar-refractivity contribution is -0.134. The fraction of sp³-hybridized carbons (Fsp3) is 0.526. The molecule has 0 bridgehead atoms. The Morgan fingerprint density at radius 3 is 2.86 bits per heavy atom. The highest BCUT2D eigenvalue weighted by Gasteiger charge is 2.36. The van der Waals surface area contributed by atoms with Gasteiger partial charge >= 0.3 is 0 Å². The standard InChI is InChI=1S/C19H24N6O3/c1-11-2-5-17(28-11)14-9-16(22-21-14)19(27)24-6-7-25-13(10-24)8-15(23-25)18(26)20-12-3-4-12/h2,5,8,12,14,16,21-22H,3-4,6-7,9-10H2,1H3,(H,20,26). The van der Waals surface area contributed by atoms with Gasteiger partial charge < -0.3 is 14.6 Å². The van der Waals surface area contributed by atoms with Crippen molar-refractivity contribution in [1.29, 1.82) is 0 Å². The second kappa shape index (κ2) is 6.75. The number of fused-ring (bicyclic) bond motifs is 1. The normalized spacial score (nSPS) is 24.2. The van der Waals surface area contributed by atoms with E-state index in [2.05, 4.69) is 21.3 Å². The summed E-state index contributed by atoms with van der Waals surface area (Å²) in [5, 5.41) is 7.36. The molecule has 2 aromatic rings. The minimum Gasteiger partial charge on any atom is -0.465 e. The number of amides is 2. The van der Waals surface area contributed by atoms with Crippen LogP contribution in [0.3, 0.4) is 0 Å². The summed E-state index contributed by atoms with van der Waals surface area (Å²) >= 11 is 0. The van der Waals surface area contributed by atoms with Crippen LogP contribution in [0, 0.1) is 6.92 Å². The molecule has 2 atom stereocenters. The van der Waals surface area contributed by atoms with E-state index in [1.165, 1.54) is 0 Å². The van der Waals surface area contributed by atoms with Gasteiger partial charge in [0, 0.05) is 12.6 Å². The highest BCUT2D eigenvalue weighted by Crippen LogP contribution is 2.26. The first-order valence-electron chi connectivity index (χ1n) is 9.80. The Hall–Kier alpha value is -2.65. The highest BCUT2D eigenvalue weighted by atomic mass is 16.3. The van der Waals surface area contributed by atoms with Crippen molar-refractivity contribution in [1.82, 2.24) is 30.8 Å². The molecule has 2 fully saturated rings. The second-order valence-corrected chi connectivity index (χ2v) is 7.83. The number of furan rings is 1. The van der Waals surface area contributed by atoms with Crippen LogP contribution in [0.15, 0.2) is 22.6 Å². The molecule has 2 unspecified atom stereocenters. The predicted molar refractivity (Wildman–Crippen MR) is 99.0 cm³/mol. The topological polar surface area (TPSA) is 104 Å². The summed E-state index contributed by atoms with van der Waals surface area (Å²) < 4.78 is 7.50. The Balaban J connectivity index is 1.22. The molecule has 1 saturated carbocycles. The Morgan fingerprint density at radius 1 is 1.25 bits per heavy atom. The van der Waals surface area contributed by atoms with Crippen molar-refractivity contribution in [2.75, 3.05) is 6.54 Å². The Bertz CT molecular complexity index is 915. The van der Waals surface area contributed by atoms with Crippen molar-refractivity contribution in [2.24, 2.45) is 0 Å². The third kappa shape index (κ3) is 3.31. The van der Waals surface area contributed by atoms with Crippen LogP contribution in [-0.2, 0) is 17.9 Å². The third-order valence-corrected chi connectivity index (χ3v) is 5.56. The van der Waals surface area contributed by atoms with E-state index in [-0.39, 0.29) is 23.9 Å². The maximum atomic E-state index is 13.0. The van der Waals surface area contributed by atoms with E-state index < -0.39 is 0 Å². The second-order valence-electron chi connectivity index (χ2n) is 7.83. The van der Waals surface area contributed by atoms with Crippen molar-refractivity contribution in [3.8, 4) is 0 Å². The number of hydrogen-bond donors (Lipinski definition) is 3. The number of rotatable bonds is 4. The number of carbonyl (C=O) groups is 2. The Kier molecular flexibility index (Phi) is 4.21. The molecule has 2 aromatic heterocycles. The van der Waals surface area contributed by atoms with E-state index in [0.29, 0.717) is 37.8 Å². The summed E-state index contributed by atoms with van der Waals surface area (Å²) in [6, 6.07) is 5.64. The quantitative estimate of drug-likeness (QED) is 0.714. The van der Waals surface area contributed by atoms with Crippen LogP contribution in [-0.4, -0.2) is 45.1 Å². The number of nitrogens with one attached hydrogen (secondary N) is 3. The SMILES string of the molecule is Cc1ccc(C2CC(C(=O)N3CCn4nc(C(=O)NC5CC5)cc4C3)NN2)o1. The lowest BCUT2D eigenvalue weighted by atomic mass is 10.1. The predicted octanol–water partition coefficient (Wildman–Crippen LogP) is 0.627. The van der Waals surface area contributed by atoms with E-state index >= 15 is 0 Å². The molecule has 9 heteroatoms. The highest BCUT2D eigenvalue weighted by molar-refractivity contribution is 5.92. The largest absolute Gasteiger partial charge is 0.465 e. The first-order valence-corrected chi connectivity index (χ1v) is 9.80. The maximum Gasteiger partial charge on any atom is 0.272 e. The maximum absolute atomic E-state index is 13.0. The van der Waals surface area contributed by atoms with Crippen molar-refractivity contribution in [3.05, 3.63) is 41.1 Å². The van der Waals surface area contributed by atoms with Crippen LogP contribution in [0.5, 0.6) is 0 Å². The van der Waals surface area contributed by atoms with Gasteiger partial charge in [0.25, 0.3) is 5.91 Å². The van der Waals surface area contributed by atoms with E-state index in [0.717, 1.165) is 30.1 Å². The van der Waals surface area contributed by atoms with Crippen LogP contribution >= 0.6 is 0 Å². The first kappa shape index (κ1) is 17.4. The van der Waals surface area contributed by atoms with Gasteiger partial charge in [0.15, 0.2) is 5.69 Å². The summed E-state index contributed by atoms with van der Waals surface area (Å²) in [4.78, 5) is 27.0. The van der Waals surface area contributed by atoms with Gasteiger partial charge in [-0.15, -0.1) is 0 Å². The molecular formula is C19H24N6O3. The monoisotopic (exact) mass is 384 g/mol. The zero-order valence-corrected chi connectivity index (χ0v) is 15.8. The van der Waals surface area contributed by atoms with Gasteiger partial charge in [-0.05, 0) is 44.4 Å². The summed E-state index contributed by atoms with van der Waals surface area (Å²) in [5.74, 6) is 1.62. The molecule has 0 aromatic carbocycles. The summed E-state index contributed by atoms with van der Waals surface area (Å²) in [6.07, 6.45) is 2.72. The van der Waals surface area contributed by atoms with Gasteiger partial charge in [0.2, 0.25) is 5.91 Å². The molecule has 0 spiro atoms. The van der Waals surface area contributed by atoms with Gasteiger partial charge in [-0.3, -0.25) is 14.3 Å². The first-order chi connectivity index (χ1) is 13.6.